The van der Waals surface area contributed by atoms with E-state index < -0.39 is 17.5 Å². The Hall–Kier alpha value is -3.03. The standard InChI is InChI=1S/C24H27FN4O2/c1-24(31)12-13-29(16-17-14-26-28(2)15-17)21(18-6-4-3-5-7-18)22(24)27-23(30)19-8-10-20(25)11-9-19/h3-11,14-15,21-22,31H,12-13,16H2,1-2H3,(H,27,30)/t21-,22-,24+/m0/s1. The zero-order chi connectivity index (χ0) is 22.0. The molecule has 2 aromatic carbocycles. The Morgan fingerprint density at radius 2 is 1.94 bits per heavy atom. The molecule has 1 aliphatic heterocycles. The number of nitrogens with zero attached hydrogens (tertiary/aromatic N) is 3. The molecule has 0 bridgehead atoms. The van der Waals surface area contributed by atoms with Crippen LogP contribution in [0.25, 0.3) is 0 Å². The monoisotopic (exact) mass is 422 g/mol. The number of hydrogen-bond donors (Lipinski definition) is 2. The van der Waals surface area contributed by atoms with Crippen molar-refractivity contribution in [2.45, 2.75) is 37.6 Å². The molecule has 1 aromatic heterocycles. The van der Waals surface area contributed by atoms with Crippen molar-refractivity contribution in [1.29, 1.82) is 0 Å². The molecule has 162 valence electrons. The van der Waals surface area contributed by atoms with Crippen molar-refractivity contribution in [3.8, 4) is 0 Å². The van der Waals surface area contributed by atoms with Crippen molar-refractivity contribution in [3.63, 3.8) is 0 Å². The van der Waals surface area contributed by atoms with Gasteiger partial charge < -0.3 is 10.4 Å². The normalized spacial score (nSPS) is 24.1. The molecule has 4 rings (SSSR count). The first-order valence-corrected chi connectivity index (χ1v) is 10.4. The first-order valence-electron chi connectivity index (χ1n) is 10.4. The molecule has 0 radical (unpaired) electrons. The van der Waals surface area contributed by atoms with Gasteiger partial charge in [0.1, 0.15) is 5.82 Å². The minimum atomic E-state index is -1.11. The lowest BCUT2D eigenvalue weighted by molar-refractivity contribution is -0.0665. The summed E-state index contributed by atoms with van der Waals surface area (Å²) in [4.78, 5) is 15.2. The molecular formula is C24H27FN4O2. The number of piperidine rings is 1. The molecule has 1 amide bonds. The molecule has 0 aliphatic carbocycles. The summed E-state index contributed by atoms with van der Waals surface area (Å²) in [5, 5.41) is 18.6. The topological polar surface area (TPSA) is 70.4 Å². The fraction of sp³-hybridized carbons (Fsp3) is 0.333. The van der Waals surface area contributed by atoms with Gasteiger partial charge in [-0.15, -0.1) is 0 Å². The van der Waals surface area contributed by atoms with Gasteiger partial charge in [-0.3, -0.25) is 14.4 Å². The first kappa shape index (κ1) is 21.2. The van der Waals surface area contributed by atoms with Crippen LogP contribution in [0.4, 0.5) is 4.39 Å². The van der Waals surface area contributed by atoms with Gasteiger partial charge in [-0.1, -0.05) is 30.3 Å². The third-order valence-electron chi connectivity index (χ3n) is 5.96. The number of carbonyl (C=O) groups excluding carboxylic acids is 1. The van der Waals surface area contributed by atoms with E-state index in [1.54, 1.807) is 11.6 Å². The fourth-order valence-electron chi connectivity index (χ4n) is 4.29. The number of nitrogens with one attached hydrogen (secondary N) is 1. The maximum absolute atomic E-state index is 13.3. The summed E-state index contributed by atoms with van der Waals surface area (Å²) in [6.45, 7) is 3.08. The van der Waals surface area contributed by atoms with E-state index in [-0.39, 0.29) is 11.9 Å². The number of carbonyl (C=O) groups is 1. The Morgan fingerprint density at radius 3 is 2.58 bits per heavy atom. The average Bonchev–Trinajstić information content (AvgIpc) is 3.16. The molecule has 6 nitrogen and oxygen atoms in total. The Labute approximate surface area is 181 Å². The summed E-state index contributed by atoms with van der Waals surface area (Å²) < 4.78 is 15.1. The highest BCUT2D eigenvalue weighted by atomic mass is 19.1. The van der Waals surface area contributed by atoms with Crippen LogP contribution in [-0.4, -0.2) is 43.9 Å². The van der Waals surface area contributed by atoms with E-state index in [0.29, 0.717) is 25.1 Å². The van der Waals surface area contributed by atoms with Gasteiger partial charge in [0.2, 0.25) is 0 Å². The lowest BCUT2D eigenvalue weighted by atomic mass is 9.79. The van der Waals surface area contributed by atoms with Gasteiger partial charge in [0, 0.05) is 37.5 Å². The molecule has 2 heterocycles. The third-order valence-corrected chi connectivity index (χ3v) is 5.96. The van der Waals surface area contributed by atoms with Gasteiger partial charge in [0.25, 0.3) is 5.91 Å². The number of aliphatic hydroxyl groups is 1. The highest BCUT2D eigenvalue weighted by molar-refractivity contribution is 5.94. The Balaban J connectivity index is 1.67. The van der Waals surface area contributed by atoms with E-state index in [9.17, 15) is 14.3 Å². The minimum Gasteiger partial charge on any atom is -0.388 e. The van der Waals surface area contributed by atoms with Gasteiger partial charge in [-0.2, -0.15) is 5.10 Å². The van der Waals surface area contributed by atoms with Gasteiger partial charge in [0.05, 0.1) is 23.9 Å². The summed E-state index contributed by atoms with van der Waals surface area (Å²) in [6, 6.07) is 14.5. The van der Waals surface area contributed by atoms with Crippen molar-refractivity contribution >= 4 is 5.91 Å². The van der Waals surface area contributed by atoms with Crippen LogP contribution in [-0.2, 0) is 13.6 Å². The molecule has 0 unspecified atom stereocenters. The van der Waals surface area contributed by atoms with Crippen molar-refractivity contribution in [1.82, 2.24) is 20.0 Å². The summed E-state index contributed by atoms with van der Waals surface area (Å²) in [5.74, 6) is -0.736. The molecule has 3 atom stereocenters. The molecule has 0 saturated carbocycles. The lowest BCUT2D eigenvalue weighted by Gasteiger charge is -2.49. The molecule has 0 spiro atoms. The van der Waals surface area contributed by atoms with Crippen LogP contribution in [0, 0.1) is 5.82 Å². The largest absolute Gasteiger partial charge is 0.388 e. The van der Waals surface area contributed by atoms with Gasteiger partial charge in [-0.25, -0.2) is 4.39 Å². The van der Waals surface area contributed by atoms with Crippen molar-refractivity contribution < 1.29 is 14.3 Å². The Bertz CT molecular complexity index is 1030. The first-order chi connectivity index (χ1) is 14.8. The second-order valence-electron chi connectivity index (χ2n) is 8.41. The average molecular weight is 423 g/mol. The van der Waals surface area contributed by atoms with E-state index in [1.807, 2.05) is 49.8 Å². The van der Waals surface area contributed by atoms with Gasteiger partial charge in [-0.05, 0) is 43.2 Å². The molecule has 2 N–H and O–H groups in total. The minimum absolute atomic E-state index is 0.241. The number of aromatic nitrogens is 2. The summed E-state index contributed by atoms with van der Waals surface area (Å²) in [5.41, 5.74) is 1.32. The number of hydrogen-bond acceptors (Lipinski definition) is 4. The van der Waals surface area contributed by atoms with E-state index in [1.165, 1.54) is 24.3 Å². The van der Waals surface area contributed by atoms with Crippen LogP contribution in [0.2, 0.25) is 0 Å². The number of amides is 1. The molecule has 1 aliphatic rings. The number of likely N-dealkylation sites (tertiary alicyclic amines) is 1. The van der Waals surface area contributed by atoms with Crippen LogP contribution in [0.5, 0.6) is 0 Å². The van der Waals surface area contributed by atoms with Gasteiger partial charge in [0.15, 0.2) is 0 Å². The van der Waals surface area contributed by atoms with Crippen molar-refractivity contribution in [2.75, 3.05) is 6.54 Å². The molecule has 7 heteroatoms. The van der Waals surface area contributed by atoms with Crippen molar-refractivity contribution in [2.24, 2.45) is 7.05 Å². The molecule has 1 fully saturated rings. The second-order valence-corrected chi connectivity index (χ2v) is 8.41. The van der Waals surface area contributed by atoms with E-state index in [4.69, 9.17) is 0 Å². The predicted molar refractivity (Wildman–Crippen MR) is 116 cm³/mol. The van der Waals surface area contributed by atoms with Crippen molar-refractivity contribution in [3.05, 3.63) is 89.5 Å². The Morgan fingerprint density at radius 1 is 1.23 bits per heavy atom. The number of rotatable bonds is 5. The summed E-state index contributed by atoms with van der Waals surface area (Å²) >= 11 is 0. The predicted octanol–water partition coefficient (Wildman–Crippen LogP) is 3.06. The number of benzene rings is 2. The maximum atomic E-state index is 13.3. The third kappa shape index (κ3) is 4.68. The fourth-order valence-corrected chi connectivity index (χ4v) is 4.29. The van der Waals surface area contributed by atoms with E-state index >= 15 is 0 Å². The quantitative estimate of drug-likeness (QED) is 0.663. The molecular weight excluding hydrogens is 395 g/mol. The molecule has 31 heavy (non-hydrogen) atoms. The Kier molecular flexibility index (Phi) is 5.89. The zero-order valence-corrected chi connectivity index (χ0v) is 17.7. The van der Waals surface area contributed by atoms with E-state index in [0.717, 1.165) is 11.1 Å². The maximum Gasteiger partial charge on any atom is 0.251 e. The smallest absolute Gasteiger partial charge is 0.251 e. The van der Waals surface area contributed by atoms with Crippen LogP contribution in [0.1, 0.15) is 40.9 Å². The van der Waals surface area contributed by atoms with Crippen LogP contribution in [0.15, 0.2) is 67.0 Å². The number of halogens is 1. The highest BCUT2D eigenvalue weighted by Crippen LogP contribution is 2.38. The lowest BCUT2D eigenvalue weighted by Crippen LogP contribution is -2.62. The SMILES string of the molecule is Cn1cc(CN2CC[C@@](C)(O)[C@@H](NC(=O)c3ccc(F)cc3)[C@@H]2c2ccccc2)cn1. The van der Waals surface area contributed by atoms with Crippen LogP contribution in [0.3, 0.4) is 0 Å². The van der Waals surface area contributed by atoms with Crippen LogP contribution >= 0.6 is 0 Å². The van der Waals surface area contributed by atoms with Gasteiger partial charge >= 0.3 is 0 Å². The molecule has 1 saturated heterocycles. The zero-order valence-electron chi connectivity index (χ0n) is 17.7. The highest BCUT2D eigenvalue weighted by Gasteiger charge is 2.46. The summed E-state index contributed by atoms with van der Waals surface area (Å²) in [6.07, 6.45) is 4.31. The molecule has 3 aromatic rings. The van der Waals surface area contributed by atoms with Crippen LogP contribution < -0.4 is 5.32 Å². The van der Waals surface area contributed by atoms with E-state index in [2.05, 4.69) is 15.3 Å². The number of aryl methyl sites for hydroxylation is 1. The summed E-state index contributed by atoms with van der Waals surface area (Å²) in [7, 11) is 1.88. The second kappa shape index (κ2) is 8.61.